The van der Waals surface area contributed by atoms with E-state index in [1.807, 2.05) is 33.5 Å². The molecule has 2 aromatic carbocycles. The standard InChI is InChI=1S/C29H38N8O2/c1-4-8-24-32-26(29(2,3)39)25(27(31)38)36(24)19-20-9-11-21(12-10-20)22-13-15-23(16-14-22)28-33-34-35-37(28)18-7-5-6-17-30/h9-16,39H,4-8,17-19,30H2,1-3H3,(H2,31,38). The van der Waals surface area contributed by atoms with Gasteiger partial charge in [0.25, 0.3) is 5.91 Å². The number of imidazole rings is 1. The van der Waals surface area contributed by atoms with Crippen LogP contribution in [0.1, 0.15) is 74.0 Å². The first kappa shape index (κ1) is 28.1. The first-order chi connectivity index (χ1) is 18.7. The van der Waals surface area contributed by atoms with Crippen LogP contribution in [-0.2, 0) is 25.1 Å². The average molecular weight is 531 g/mol. The van der Waals surface area contributed by atoms with Crippen LogP contribution in [0.15, 0.2) is 48.5 Å². The molecule has 10 heteroatoms. The average Bonchev–Trinajstić information content (AvgIpc) is 3.52. The third-order valence-electron chi connectivity index (χ3n) is 6.71. The summed E-state index contributed by atoms with van der Waals surface area (Å²) in [6.07, 6.45) is 4.57. The van der Waals surface area contributed by atoms with E-state index >= 15 is 0 Å². The zero-order valence-corrected chi connectivity index (χ0v) is 23.0. The molecular formula is C29H38N8O2. The Labute approximate surface area is 229 Å². The van der Waals surface area contributed by atoms with E-state index in [4.69, 9.17) is 11.5 Å². The van der Waals surface area contributed by atoms with Gasteiger partial charge in [-0.2, -0.15) is 0 Å². The van der Waals surface area contributed by atoms with Crippen molar-refractivity contribution in [2.24, 2.45) is 11.5 Å². The van der Waals surface area contributed by atoms with E-state index in [1.165, 1.54) is 0 Å². The van der Waals surface area contributed by atoms with Crippen molar-refractivity contribution in [2.45, 2.75) is 71.6 Å². The molecule has 0 radical (unpaired) electrons. The molecule has 0 unspecified atom stereocenters. The number of hydrogen-bond acceptors (Lipinski definition) is 7. The van der Waals surface area contributed by atoms with Gasteiger partial charge in [-0.1, -0.05) is 61.9 Å². The zero-order chi connectivity index (χ0) is 28.0. The first-order valence-electron chi connectivity index (χ1n) is 13.5. The van der Waals surface area contributed by atoms with Crippen LogP contribution >= 0.6 is 0 Å². The second kappa shape index (κ2) is 12.3. The van der Waals surface area contributed by atoms with Gasteiger partial charge in [-0.3, -0.25) is 4.79 Å². The van der Waals surface area contributed by atoms with Crippen molar-refractivity contribution in [2.75, 3.05) is 6.54 Å². The summed E-state index contributed by atoms with van der Waals surface area (Å²) in [7, 11) is 0. The van der Waals surface area contributed by atoms with Crippen molar-refractivity contribution in [3.05, 3.63) is 71.3 Å². The molecule has 0 aliphatic carbocycles. The third-order valence-corrected chi connectivity index (χ3v) is 6.71. The molecule has 4 aromatic rings. The monoisotopic (exact) mass is 530 g/mol. The number of carbonyl (C=O) groups is 1. The van der Waals surface area contributed by atoms with Gasteiger partial charge in [-0.05, 0) is 66.8 Å². The van der Waals surface area contributed by atoms with E-state index in [9.17, 15) is 9.90 Å². The summed E-state index contributed by atoms with van der Waals surface area (Å²) in [6, 6.07) is 16.4. The predicted octanol–water partition coefficient (Wildman–Crippen LogP) is 3.66. The predicted molar refractivity (Wildman–Crippen MR) is 151 cm³/mol. The lowest BCUT2D eigenvalue weighted by Gasteiger charge is -2.16. The third kappa shape index (κ3) is 6.58. The Morgan fingerprint density at radius 2 is 1.62 bits per heavy atom. The number of amides is 1. The number of unbranched alkanes of at least 4 members (excludes halogenated alkanes) is 2. The smallest absolute Gasteiger partial charge is 0.267 e. The van der Waals surface area contributed by atoms with E-state index in [1.54, 1.807) is 13.8 Å². The summed E-state index contributed by atoms with van der Waals surface area (Å²) >= 11 is 0. The number of aromatic nitrogens is 6. The lowest BCUT2D eigenvalue weighted by Crippen LogP contribution is -2.25. The second-order valence-electron chi connectivity index (χ2n) is 10.3. The fourth-order valence-electron chi connectivity index (χ4n) is 4.70. The summed E-state index contributed by atoms with van der Waals surface area (Å²) in [5.41, 5.74) is 14.7. The van der Waals surface area contributed by atoms with Gasteiger partial charge in [0.15, 0.2) is 5.82 Å². The number of carbonyl (C=O) groups excluding carboxylic acids is 1. The minimum Gasteiger partial charge on any atom is -0.384 e. The van der Waals surface area contributed by atoms with Crippen molar-refractivity contribution < 1.29 is 9.90 Å². The molecular weight excluding hydrogens is 492 g/mol. The number of rotatable bonds is 13. The second-order valence-corrected chi connectivity index (χ2v) is 10.3. The Morgan fingerprint density at radius 1 is 0.974 bits per heavy atom. The molecule has 2 heterocycles. The van der Waals surface area contributed by atoms with E-state index in [0.29, 0.717) is 25.2 Å². The number of nitrogens with two attached hydrogens (primary N) is 2. The molecule has 5 N–H and O–H groups in total. The molecule has 1 amide bonds. The Morgan fingerprint density at radius 3 is 2.21 bits per heavy atom. The van der Waals surface area contributed by atoms with Crippen LogP contribution in [0.5, 0.6) is 0 Å². The summed E-state index contributed by atoms with van der Waals surface area (Å²) in [5, 5.41) is 22.8. The minimum atomic E-state index is -1.28. The number of hydrogen-bond donors (Lipinski definition) is 3. The molecule has 4 rings (SSSR count). The van der Waals surface area contributed by atoms with Gasteiger partial charge in [0.05, 0.1) is 0 Å². The minimum absolute atomic E-state index is 0.257. The highest BCUT2D eigenvalue weighted by atomic mass is 16.3. The molecule has 10 nitrogen and oxygen atoms in total. The van der Waals surface area contributed by atoms with Crippen LogP contribution in [-0.4, -0.2) is 47.3 Å². The quantitative estimate of drug-likeness (QED) is 0.223. The molecule has 0 atom stereocenters. The van der Waals surface area contributed by atoms with Gasteiger partial charge in [0, 0.05) is 25.1 Å². The molecule has 39 heavy (non-hydrogen) atoms. The molecule has 206 valence electrons. The number of primary amides is 1. The molecule has 0 saturated carbocycles. The summed E-state index contributed by atoms with van der Waals surface area (Å²) < 4.78 is 3.68. The number of tetrazole rings is 1. The molecule has 0 bridgehead atoms. The fourth-order valence-corrected chi connectivity index (χ4v) is 4.70. The SMILES string of the molecule is CCCc1nc(C(C)(C)O)c(C(N)=O)n1Cc1ccc(-c2ccc(-c3nnnn3CCCCCN)cc2)cc1. The van der Waals surface area contributed by atoms with Crippen LogP contribution in [0.3, 0.4) is 0 Å². The van der Waals surface area contributed by atoms with Gasteiger partial charge < -0.3 is 21.1 Å². The van der Waals surface area contributed by atoms with E-state index < -0.39 is 11.5 Å². The first-order valence-corrected chi connectivity index (χ1v) is 13.5. The van der Waals surface area contributed by atoms with E-state index in [0.717, 1.165) is 66.1 Å². The van der Waals surface area contributed by atoms with Crippen LogP contribution in [0, 0.1) is 0 Å². The van der Waals surface area contributed by atoms with Crippen LogP contribution in [0.25, 0.3) is 22.5 Å². The number of aryl methyl sites for hydroxylation is 2. The van der Waals surface area contributed by atoms with Gasteiger partial charge >= 0.3 is 0 Å². The van der Waals surface area contributed by atoms with Crippen LogP contribution < -0.4 is 11.5 Å². The number of aliphatic hydroxyl groups is 1. The molecule has 0 spiro atoms. The Hall–Kier alpha value is -3.89. The van der Waals surface area contributed by atoms with Crippen molar-refractivity contribution in [1.82, 2.24) is 29.8 Å². The van der Waals surface area contributed by atoms with Crippen LogP contribution in [0.4, 0.5) is 0 Å². The normalized spacial score (nSPS) is 11.7. The van der Waals surface area contributed by atoms with Gasteiger partial charge in [-0.25, -0.2) is 9.67 Å². The zero-order valence-electron chi connectivity index (χ0n) is 23.0. The lowest BCUT2D eigenvalue weighted by molar-refractivity contribution is 0.0711. The van der Waals surface area contributed by atoms with Gasteiger partial charge in [0.2, 0.25) is 0 Å². The Bertz CT molecular complexity index is 1380. The number of nitrogens with zero attached hydrogens (tertiary/aromatic N) is 6. The summed E-state index contributed by atoms with van der Waals surface area (Å²) in [6.45, 7) is 7.18. The maximum Gasteiger partial charge on any atom is 0.267 e. The largest absolute Gasteiger partial charge is 0.384 e. The summed E-state index contributed by atoms with van der Waals surface area (Å²) in [4.78, 5) is 17.0. The maximum absolute atomic E-state index is 12.4. The number of benzene rings is 2. The Balaban J connectivity index is 1.52. The molecule has 0 aliphatic rings. The Kier molecular flexibility index (Phi) is 8.88. The molecule has 0 fully saturated rings. The molecule has 0 aliphatic heterocycles. The fraction of sp³-hybridized carbons (Fsp3) is 0.414. The van der Waals surface area contributed by atoms with Gasteiger partial charge in [-0.15, -0.1) is 5.10 Å². The molecule has 2 aromatic heterocycles. The maximum atomic E-state index is 12.4. The van der Waals surface area contributed by atoms with Crippen molar-refractivity contribution in [1.29, 1.82) is 0 Å². The highest BCUT2D eigenvalue weighted by Crippen LogP contribution is 2.27. The van der Waals surface area contributed by atoms with E-state index in [2.05, 4.69) is 51.7 Å². The van der Waals surface area contributed by atoms with Crippen molar-refractivity contribution in [3.63, 3.8) is 0 Å². The summed E-state index contributed by atoms with van der Waals surface area (Å²) in [5.74, 6) is 0.897. The molecule has 0 saturated heterocycles. The van der Waals surface area contributed by atoms with E-state index in [-0.39, 0.29) is 5.69 Å². The van der Waals surface area contributed by atoms with Crippen molar-refractivity contribution in [3.8, 4) is 22.5 Å². The highest BCUT2D eigenvalue weighted by Gasteiger charge is 2.30. The van der Waals surface area contributed by atoms with Crippen LogP contribution in [0.2, 0.25) is 0 Å². The topological polar surface area (TPSA) is 151 Å². The van der Waals surface area contributed by atoms with Crippen molar-refractivity contribution >= 4 is 5.91 Å². The highest BCUT2D eigenvalue weighted by molar-refractivity contribution is 5.92. The van der Waals surface area contributed by atoms with Gasteiger partial charge in [0.1, 0.15) is 22.8 Å². The lowest BCUT2D eigenvalue weighted by atomic mass is 10.0.